The minimum Gasteiger partial charge on any atom is -0.483 e. The molecule has 0 saturated carbocycles. The first-order chi connectivity index (χ1) is 9.95. The second-order valence-corrected chi connectivity index (χ2v) is 7.07. The molecule has 110 valence electrons. The molecule has 1 N–H and O–H groups in total. The number of carbonyl (C=O) groups excluding carboxylic acids is 1. The van der Waals surface area contributed by atoms with Gasteiger partial charge in [-0.15, -0.1) is 0 Å². The molecule has 2 aromatic rings. The fraction of sp³-hybridized carbons (Fsp3) is 0.0714. The Hall–Kier alpha value is -0.560. The molecule has 0 fully saturated rings. The van der Waals surface area contributed by atoms with Crippen LogP contribution in [0.2, 0.25) is 5.02 Å². The van der Waals surface area contributed by atoms with Gasteiger partial charge in [-0.25, -0.2) is 0 Å². The van der Waals surface area contributed by atoms with Crippen LogP contribution in [0.1, 0.15) is 0 Å². The van der Waals surface area contributed by atoms with Gasteiger partial charge in [0.05, 0.1) is 9.50 Å². The van der Waals surface area contributed by atoms with Gasteiger partial charge in [0.25, 0.3) is 5.91 Å². The zero-order valence-electron chi connectivity index (χ0n) is 10.5. The molecule has 0 aromatic heterocycles. The number of nitrogens with one attached hydrogen (secondary N) is 1. The van der Waals surface area contributed by atoms with E-state index in [1.54, 1.807) is 24.3 Å². The van der Waals surface area contributed by atoms with E-state index in [9.17, 15) is 4.79 Å². The van der Waals surface area contributed by atoms with Gasteiger partial charge in [-0.2, -0.15) is 0 Å². The Balaban J connectivity index is 1.94. The molecule has 0 bridgehead atoms. The van der Waals surface area contributed by atoms with E-state index in [1.165, 1.54) is 0 Å². The van der Waals surface area contributed by atoms with Crippen LogP contribution in [-0.2, 0) is 4.79 Å². The van der Waals surface area contributed by atoms with E-state index in [1.807, 2.05) is 12.1 Å². The minimum absolute atomic E-state index is 0.0894. The van der Waals surface area contributed by atoms with Gasteiger partial charge in [-0.1, -0.05) is 27.5 Å². The number of amides is 1. The van der Waals surface area contributed by atoms with Gasteiger partial charge in [0.1, 0.15) is 5.75 Å². The van der Waals surface area contributed by atoms with Crippen molar-refractivity contribution in [3.05, 3.63) is 54.8 Å². The van der Waals surface area contributed by atoms with E-state index < -0.39 is 0 Å². The summed E-state index contributed by atoms with van der Waals surface area (Å²) in [7, 11) is 0. The summed E-state index contributed by atoms with van der Waals surface area (Å²) >= 11 is 16.0. The van der Waals surface area contributed by atoms with Crippen LogP contribution in [-0.4, -0.2) is 12.5 Å². The van der Waals surface area contributed by atoms with Crippen LogP contribution in [0.4, 0.5) is 5.69 Å². The van der Waals surface area contributed by atoms with Crippen molar-refractivity contribution in [3.63, 3.8) is 0 Å². The zero-order valence-corrected chi connectivity index (χ0v) is 16.0. The summed E-state index contributed by atoms with van der Waals surface area (Å²) < 4.78 is 7.93. The molecule has 3 nitrogen and oxygen atoms in total. The van der Waals surface area contributed by atoms with Crippen molar-refractivity contribution in [2.24, 2.45) is 0 Å². The summed E-state index contributed by atoms with van der Waals surface area (Å²) in [5.74, 6) is 0.338. The number of ether oxygens (including phenoxy) is 1. The molecule has 0 heterocycles. The van der Waals surface area contributed by atoms with Crippen molar-refractivity contribution >= 4 is 71.0 Å². The molecule has 0 saturated heterocycles. The molecule has 0 unspecified atom stereocenters. The van der Waals surface area contributed by atoms with Gasteiger partial charge < -0.3 is 10.1 Å². The van der Waals surface area contributed by atoms with E-state index in [0.29, 0.717) is 16.5 Å². The largest absolute Gasteiger partial charge is 0.483 e. The van der Waals surface area contributed by atoms with Crippen molar-refractivity contribution in [1.82, 2.24) is 0 Å². The van der Waals surface area contributed by atoms with Gasteiger partial charge in [0.2, 0.25) is 0 Å². The predicted molar refractivity (Wildman–Crippen MR) is 95.1 cm³/mol. The van der Waals surface area contributed by atoms with Gasteiger partial charge in [0, 0.05) is 14.6 Å². The molecule has 21 heavy (non-hydrogen) atoms. The quantitative estimate of drug-likeness (QED) is 0.592. The summed E-state index contributed by atoms with van der Waals surface area (Å²) in [5, 5.41) is 3.25. The Morgan fingerprint density at radius 3 is 2.52 bits per heavy atom. The van der Waals surface area contributed by atoms with Crippen LogP contribution in [0.5, 0.6) is 5.75 Å². The highest BCUT2D eigenvalue weighted by atomic mass is 79.9. The lowest BCUT2D eigenvalue weighted by molar-refractivity contribution is -0.118. The Bertz CT molecular complexity index is 679. The first-order valence-corrected chi connectivity index (χ1v) is 8.54. The maximum absolute atomic E-state index is 11.8. The highest BCUT2D eigenvalue weighted by molar-refractivity contribution is 9.11. The highest BCUT2D eigenvalue weighted by Crippen LogP contribution is 2.28. The molecule has 7 heteroatoms. The fourth-order valence-electron chi connectivity index (χ4n) is 1.51. The summed E-state index contributed by atoms with van der Waals surface area (Å²) in [6.07, 6.45) is 0. The Kier molecular flexibility index (Phi) is 6.10. The molecule has 0 radical (unpaired) electrons. The second kappa shape index (κ2) is 7.63. The average molecular weight is 498 g/mol. The number of hydrogen-bond donors (Lipinski definition) is 1. The Labute approximate surface area is 152 Å². The SMILES string of the molecule is O=C(COc1ccc(Br)cc1Br)Nc1ccc(Br)c(Cl)c1. The summed E-state index contributed by atoms with van der Waals surface area (Å²) in [6, 6.07) is 10.7. The highest BCUT2D eigenvalue weighted by Gasteiger charge is 2.07. The van der Waals surface area contributed by atoms with Crippen LogP contribution in [0.15, 0.2) is 49.8 Å². The van der Waals surface area contributed by atoms with Crippen LogP contribution in [0, 0.1) is 0 Å². The second-order valence-electron chi connectivity index (χ2n) is 4.04. The molecule has 0 aliphatic carbocycles. The molecule has 2 rings (SSSR count). The van der Waals surface area contributed by atoms with E-state index in [-0.39, 0.29) is 12.5 Å². The topological polar surface area (TPSA) is 38.3 Å². The van der Waals surface area contributed by atoms with Crippen molar-refractivity contribution in [2.45, 2.75) is 0 Å². The average Bonchev–Trinajstić information content (AvgIpc) is 2.42. The number of rotatable bonds is 4. The normalized spacial score (nSPS) is 10.3. The summed E-state index contributed by atoms with van der Waals surface area (Å²) in [5.41, 5.74) is 0.617. The minimum atomic E-state index is -0.261. The number of hydrogen-bond acceptors (Lipinski definition) is 2. The molecule has 0 aliphatic rings. The third-order valence-corrected chi connectivity index (χ3v) is 4.80. The van der Waals surface area contributed by atoms with Crippen LogP contribution in [0.3, 0.4) is 0 Å². The van der Waals surface area contributed by atoms with Gasteiger partial charge in [-0.05, 0) is 68.3 Å². The van der Waals surface area contributed by atoms with Gasteiger partial charge >= 0.3 is 0 Å². The zero-order chi connectivity index (χ0) is 15.4. The Morgan fingerprint density at radius 1 is 1.10 bits per heavy atom. The predicted octanol–water partition coefficient (Wildman–Crippen LogP) is 5.65. The first-order valence-electron chi connectivity index (χ1n) is 5.78. The van der Waals surface area contributed by atoms with Gasteiger partial charge in [0.15, 0.2) is 6.61 Å². The van der Waals surface area contributed by atoms with Crippen molar-refractivity contribution in [3.8, 4) is 5.75 Å². The van der Waals surface area contributed by atoms with Gasteiger partial charge in [-0.3, -0.25) is 4.79 Å². The number of anilines is 1. The van der Waals surface area contributed by atoms with Crippen LogP contribution in [0.25, 0.3) is 0 Å². The van der Waals surface area contributed by atoms with Crippen molar-refractivity contribution in [2.75, 3.05) is 11.9 Å². The lowest BCUT2D eigenvalue weighted by Crippen LogP contribution is -2.20. The van der Waals surface area contributed by atoms with E-state index >= 15 is 0 Å². The number of carbonyl (C=O) groups is 1. The van der Waals surface area contributed by atoms with Crippen LogP contribution < -0.4 is 10.1 Å². The summed E-state index contributed by atoms with van der Waals surface area (Å²) in [4.78, 5) is 11.8. The molecule has 2 aromatic carbocycles. The molecule has 0 atom stereocenters. The maximum atomic E-state index is 11.8. The van der Waals surface area contributed by atoms with E-state index in [2.05, 4.69) is 53.1 Å². The third kappa shape index (κ3) is 4.98. The van der Waals surface area contributed by atoms with Crippen molar-refractivity contribution in [1.29, 1.82) is 0 Å². The monoisotopic (exact) mass is 495 g/mol. The van der Waals surface area contributed by atoms with Crippen LogP contribution >= 0.6 is 59.4 Å². The van der Waals surface area contributed by atoms with E-state index in [4.69, 9.17) is 16.3 Å². The lowest BCUT2D eigenvalue weighted by atomic mass is 10.3. The number of benzene rings is 2. The molecule has 0 aliphatic heterocycles. The smallest absolute Gasteiger partial charge is 0.262 e. The van der Waals surface area contributed by atoms with Crippen molar-refractivity contribution < 1.29 is 9.53 Å². The molecular formula is C14H9Br3ClNO2. The fourth-order valence-corrected chi connectivity index (χ4v) is 3.10. The molecule has 1 amide bonds. The summed E-state index contributed by atoms with van der Waals surface area (Å²) in [6.45, 7) is -0.0894. The lowest BCUT2D eigenvalue weighted by Gasteiger charge is -2.09. The molecular weight excluding hydrogens is 489 g/mol. The number of halogens is 4. The Morgan fingerprint density at radius 2 is 1.86 bits per heavy atom. The third-order valence-electron chi connectivity index (χ3n) is 2.46. The van der Waals surface area contributed by atoms with E-state index in [0.717, 1.165) is 13.4 Å². The first kappa shape index (κ1) is 16.8. The maximum Gasteiger partial charge on any atom is 0.262 e. The standard InChI is InChI=1S/C14H9Br3ClNO2/c15-8-1-4-13(11(17)5-8)21-7-14(20)19-9-2-3-10(16)12(18)6-9/h1-6H,7H2,(H,19,20). The molecule has 0 spiro atoms.